The summed E-state index contributed by atoms with van der Waals surface area (Å²) in [4.78, 5) is 34.8. The predicted octanol–water partition coefficient (Wildman–Crippen LogP) is 6.43. The van der Waals surface area contributed by atoms with Gasteiger partial charge in [-0.25, -0.2) is 0 Å². The van der Waals surface area contributed by atoms with Gasteiger partial charge in [-0.1, -0.05) is 64.7 Å². The third-order valence-corrected chi connectivity index (χ3v) is 5.02. The van der Waals surface area contributed by atoms with Crippen LogP contribution in [-0.2, 0) is 14.3 Å². The molecular formula is C25H38O5. The predicted molar refractivity (Wildman–Crippen MR) is 119 cm³/mol. The van der Waals surface area contributed by atoms with Gasteiger partial charge in [0, 0.05) is 18.4 Å². The largest absolute Gasteiger partial charge is 0.466 e. The number of ether oxygens (including phenoxy) is 2. The van der Waals surface area contributed by atoms with Crippen LogP contribution in [0, 0.1) is 0 Å². The highest BCUT2D eigenvalue weighted by Gasteiger charge is 2.09. The Labute approximate surface area is 181 Å². The highest BCUT2D eigenvalue weighted by Crippen LogP contribution is 2.14. The van der Waals surface area contributed by atoms with Gasteiger partial charge in [0.1, 0.15) is 5.75 Å². The van der Waals surface area contributed by atoms with Gasteiger partial charge in [-0.2, -0.15) is 0 Å². The quantitative estimate of drug-likeness (QED) is 0.126. The molecule has 0 spiro atoms. The summed E-state index contributed by atoms with van der Waals surface area (Å²) in [6.07, 6.45) is 13.2. The second-order valence-corrected chi connectivity index (χ2v) is 7.81. The average molecular weight is 419 g/mol. The Morgan fingerprint density at radius 2 is 1.23 bits per heavy atom. The smallest absolute Gasteiger partial charge is 0.311 e. The van der Waals surface area contributed by atoms with Gasteiger partial charge in [0.2, 0.25) is 0 Å². The van der Waals surface area contributed by atoms with Crippen molar-refractivity contribution in [2.75, 3.05) is 6.61 Å². The molecule has 5 nitrogen and oxygen atoms in total. The number of carbonyl (C=O) groups excluding carboxylic acids is 3. The van der Waals surface area contributed by atoms with Crippen LogP contribution in [0.4, 0.5) is 0 Å². The number of hydrogen-bond acceptors (Lipinski definition) is 5. The van der Waals surface area contributed by atoms with Crippen LogP contribution in [-0.4, -0.2) is 24.3 Å². The molecular weight excluding hydrogens is 380 g/mol. The van der Waals surface area contributed by atoms with E-state index >= 15 is 0 Å². The van der Waals surface area contributed by atoms with E-state index in [2.05, 4.69) is 6.92 Å². The summed E-state index contributed by atoms with van der Waals surface area (Å²) in [5.74, 6) is -0.296. The van der Waals surface area contributed by atoms with Crippen molar-refractivity contribution >= 4 is 17.7 Å². The fourth-order valence-corrected chi connectivity index (χ4v) is 3.16. The Kier molecular flexibility index (Phi) is 14.3. The van der Waals surface area contributed by atoms with E-state index in [1.165, 1.54) is 58.3 Å². The van der Waals surface area contributed by atoms with Crippen LogP contribution < -0.4 is 4.74 Å². The van der Waals surface area contributed by atoms with Crippen molar-refractivity contribution in [3.63, 3.8) is 0 Å². The zero-order valence-corrected chi connectivity index (χ0v) is 18.8. The molecule has 0 saturated heterocycles. The van der Waals surface area contributed by atoms with Crippen LogP contribution in [0.1, 0.15) is 108 Å². The summed E-state index contributed by atoms with van der Waals surface area (Å²) in [6, 6.07) is 6.43. The molecule has 5 heteroatoms. The lowest BCUT2D eigenvalue weighted by molar-refractivity contribution is -0.144. The molecule has 0 unspecified atom stereocenters. The number of benzene rings is 1. The van der Waals surface area contributed by atoms with Crippen LogP contribution in [0.2, 0.25) is 0 Å². The summed E-state index contributed by atoms with van der Waals surface area (Å²) < 4.78 is 10.4. The van der Waals surface area contributed by atoms with E-state index in [-0.39, 0.29) is 24.6 Å². The molecule has 1 aromatic rings. The average Bonchev–Trinajstić information content (AvgIpc) is 2.72. The summed E-state index contributed by atoms with van der Waals surface area (Å²) in [6.45, 7) is 4.18. The minimum atomic E-state index is -0.395. The van der Waals surface area contributed by atoms with Crippen molar-refractivity contribution in [1.29, 1.82) is 0 Å². The Morgan fingerprint density at radius 1 is 0.700 bits per heavy atom. The van der Waals surface area contributed by atoms with Crippen molar-refractivity contribution in [1.82, 2.24) is 0 Å². The summed E-state index contributed by atoms with van der Waals surface area (Å²) in [5.41, 5.74) is 0.569. The summed E-state index contributed by atoms with van der Waals surface area (Å²) in [5, 5.41) is 0. The molecule has 0 aliphatic heterocycles. The minimum Gasteiger partial charge on any atom is -0.466 e. The van der Waals surface area contributed by atoms with E-state index in [1.54, 1.807) is 24.3 Å². The van der Waals surface area contributed by atoms with Crippen LogP contribution in [0.3, 0.4) is 0 Å². The molecule has 0 heterocycles. The Hall–Kier alpha value is -2.17. The molecule has 1 aromatic carbocycles. The second-order valence-electron chi connectivity index (χ2n) is 7.81. The fraction of sp³-hybridized carbons (Fsp3) is 0.640. The van der Waals surface area contributed by atoms with Crippen molar-refractivity contribution in [3.05, 3.63) is 29.8 Å². The number of esters is 2. The number of Topliss-reactive ketones (excluding diaryl/α,β-unsaturated/α-hetero) is 1. The molecule has 0 saturated carbocycles. The summed E-state index contributed by atoms with van der Waals surface area (Å²) >= 11 is 0. The molecule has 168 valence electrons. The molecule has 1 rings (SSSR count). The third-order valence-electron chi connectivity index (χ3n) is 5.02. The molecule has 0 aliphatic rings. The van der Waals surface area contributed by atoms with Gasteiger partial charge in [-0.15, -0.1) is 0 Å². The monoisotopic (exact) mass is 418 g/mol. The van der Waals surface area contributed by atoms with Crippen molar-refractivity contribution < 1.29 is 23.9 Å². The van der Waals surface area contributed by atoms with E-state index < -0.39 is 5.97 Å². The Bertz CT molecular complexity index is 621. The first-order valence-corrected chi connectivity index (χ1v) is 11.5. The van der Waals surface area contributed by atoms with Crippen molar-refractivity contribution in [3.8, 4) is 5.75 Å². The first-order chi connectivity index (χ1) is 14.5. The zero-order valence-electron chi connectivity index (χ0n) is 18.8. The lowest BCUT2D eigenvalue weighted by Crippen LogP contribution is -2.10. The number of ketones is 1. The molecule has 0 aliphatic carbocycles. The standard InChI is InChI=1S/C25H38O5/c1-3-4-5-6-7-8-9-10-11-12-20-29-24(27)14-13-15-25(28)30-23-18-16-22(17-19-23)21(2)26/h16-19H,3-15,20H2,1-2H3. The van der Waals surface area contributed by atoms with Crippen LogP contribution >= 0.6 is 0 Å². The lowest BCUT2D eigenvalue weighted by Gasteiger charge is -2.06. The molecule has 0 radical (unpaired) electrons. The van der Waals surface area contributed by atoms with Gasteiger partial charge in [0.15, 0.2) is 5.78 Å². The van der Waals surface area contributed by atoms with E-state index in [0.29, 0.717) is 24.3 Å². The van der Waals surface area contributed by atoms with Crippen LogP contribution in [0.15, 0.2) is 24.3 Å². The highest BCUT2D eigenvalue weighted by molar-refractivity contribution is 5.94. The van der Waals surface area contributed by atoms with Gasteiger partial charge in [0.05, 0.1) is 6.61 Å². The van der Waals surface area contributed by atoms with Gasteiger partial charge in [-0.05, 0) is 44.0 Å². The number of unbranched alkanes of at least 4 members (excludes halogenated alkanes) is 9. The van der Waals surface area contributed by atoms with E-state index in [0.717, 1.165) is 12.8 Å². The Balaban J connectivity index is 1.97. The van der Waals surface area contributed by atoms with Crippen molar-refractivity contribution in [2.45, 2.75) is 97.3 Å². The molecule has 30 heavy (non-hydrogen) atoms. The van der Waals surface area contributed by atoms with E-state index in [1.807, 2.05) is 0 Å². The number of hydrogen-bond donors (Lipinski definition) is 0. The molecule has 0 amide bonds. The normalized spacial score (nSPS) is 10.6. The third kappa shape index (κ3) is 13.1. The van der Waals surface area contributed by atoms with Gasteiger partial charge in [-0.3, -0.25) is 14.4 Å². The van der Waals surface area contributed by atoms with Gasteiger partial charge < -0.3 is 9.47 Å². The Morgan fingerprint density at radius 3 is 1.80 bits per heavy atom. The number of carbonyl (C=O) groups is 3. The maximum absolute atomic E-state index is 11.8. The maximum atomic E-state index is 11.8. The topological polar surface area (TPSA) is 69.7 Å². The molecule has 0 N–H and O–H groups in total. The van der Waals surface area contributed by atoms with Gasteiger partial charge >= 0.3 is 11.9 Å². The molecule has 0 fully saturated rings. The molecule has 0 aromatic heterocycles. The maximum Gasteiger partial charge on any atom is 0.311 e. The minimum absolute atomic E-state index is 0.0378. The molecule has 0 atom stereocenters. The fourth-order valence-electron chi connectivity index (χ4n) is 3.16. The van der Waals surface area contributed by atoms with Crippen LogP contribution in [0.25, 0.3) is 0 Å². The zero-order chi connectivity index (χ0) is 22.0. The second kappa shape index (κ2) is 16.6. The lowest BCUT2D eigenvalue weighted by atomic mass is 10.1. The highest BCUT2D eigenvalue weighted by atomic mass is 16.5. The first kappa shape index (κ1) is 25.9. The molecule has 0 bridgehead atoms. The van der Waals surface area contributed by atoms with Crippen molar-refractivity contribution in [2.24, 2.45) is 0 Å². The van der Waals surface area contributed by atoms with Gasteiger partial charge in [0.25, 0.3) is 0 Å². The van der Waals surface area contributed by atoms with E-state index in [9.17, 15) is 14.4 Å². The summed E-state index contributed by atoms with van der Waals surface area (Å²) in [7, 11) is 0. The van der Waals surface area contributed by atoms with Crippen LogP contribution in [0.5, 0.6) is 5.75 Å². The first-order valence-electron chi connectivity index (χ1n) is 11.5. The SMILES string of the molecule is CCCCCCCCCCCCOC(=O)CCCC(=O)Oc1ccc(C(C)=O)cc1. The number of rotatable bonds is 17. The van der Waals surface area contributed by atoms with E-state index in [4.69, 9.17) is 9.47 Å².